The Balaban J connectivity index is 2.10. The standard InChI is InChI=1S/C17H16O4/c1-17(11-6-4-3-5-7-11)16(19)10-13-14(18)8-12(20-2)9-15(13)21-17/h3-9,18H,10H2,1-2H3. The van der Waals surface area contributed by atoms with Gasteiger partial charge in [0, 0.05) is 29.7 Å². The number of carbonyl (C=O) groups is 1. The third-order valence-electron chi connectivity index (χ3n) is 3.90. The summed E-state index contributed by atoms with van der Waals surface area (Å²) in [5, 5.41) is 10.0. The van der Waals surface area contributed by atoms with Crippen molar-refractivity contribution in [1.29, 1.82) is 0 Å². The normalized spacial score (nSPS) is 20.6. The monoisotopic (exact) mass is 284 g/mol. The number of aromatic hydroxyl groups is 1. The minimum Gasteiger partial charge on any atom is -0.507 e. The summed E-state index contributed by atoms with van der Waals surface area (Å²) in [6.45, 7) is 1.75. The number of carbonyl (C=O) groups excluding carboxylic acids is 1. The van der Waals surface area contributed by atoms with Gasteiger partial charge < -0.3 is 14.6 Å². The number of phenols is 1. The van der Waals surface area contributed by atoms with E-state index in [0.717, 1.165) is 5.56 Å². The largest absolute Gasteiger partial charge is 0.507 e. The van der Waals surface area contributed by atoms with Crippen molar-refractivity contribution >= 4 is 5.78 Å². The van der Waals surface area contributed by atoms with E-state index < -0.39 is 5.60 Å². The fourth-order valence-electron chi connectivity index (χ4n) is 2.57. The van der Waals surface area contributed by atoms with Crippen molar-refractivity contribution in [3.8, 4) is 17.2 Å². The zero-order valence-electron chi connectivity index (χ0n) is 11.9. The predicted molar refractivity (Wildman–Crippen MR) is 77.8 cm³/mol. The molecule has 0 bridgehead atoms. The summed E-state index contributed by atoms with van der Waals surface area (Å²) in [6.07, 6.45) is 0.135. The van der Waals surface area contributed by atoms with Gasteiger partial charge in [-0.2, -0.15) is 0 Å². The van der Waals surface area contributed by atoms with E-state index in [9.17, 15) is 9.90 Å². The van der Waals surface area contributed by atoms with E-state index in [-0.39, 0.29) is 18.0 Å². The van der Waals surface area contributed by atoms with Crippen molar-refractivity contribution in [2.24, 2.45) is 0 Å². The molecule has 2 aromatic rings. The fourth-order valence-corrected chi connectivity index (χ4v) is 2.57. The molecule has 1 aliphatic heterocycles. The van der Waals surface area contributed by atoms with Crippen molar-refractivity contribution in [1.82, 2.24) is 0 Å². The zero-order valence-corrected chi connectivity index (χ0v) is 11.9. The van der Waals surface area contributed by atoms with Crippen LogP contribution in [0.5, 0.6) is 17.2 Å². The maximum Gasteiger partial charge on any atom is 0.189 e. The molecule has 1 atom stereocenters. The molecule has 1 N–H and O–H groups in total. The summed E-state index contributed by atoms with van der Waals surface area (Å²) in [5.41, 5.74) is 0.254. The van der Waals surface area contributed by atoms with Gasteiger partial charge in [0.15, 0.2) is 11.4 Å². The van der Waals surface area contributed by atoms with E-state index in [0.29, 0.717) is 17.1 Å². The molecule has 4 nitrogen and oxygen atoms in total. The molecule has 0 saturated heterocycles. The van der Waals surface area contributed by atoms with Gasteiger partial charge in [0.1, 0.15) is 17.2 Å². The number of ketones is 1. The fraction of sp³-hybridized carbons (Fsp3) is 0.235. The van der Waals surface area contributed by atoms with Gasteiger partial charge in [-0.3, -0.25) is 4.79 Å². The third-order valence-corrected chi connectivity index (χ3v) is 3.90. The van der Waals surface area contributed by atoms with Crippen LogP contribution in [0.1, 0.15) is 18.1 Å². The third kappa shape index (κ3) is 2.13. The first-order valence-electron chi connectivity index (χ1n) is 6.72. The van der Waals surface area contributed by atoms with E-state index >= 15 is 0 Å². The molecular formula is C17H16O4. The summed E-state index contributed by atoms with van der Waals surface area (Å²) >= 11 is 0. The lowest BCUT2D eigenvalue weighted by Crippen LogP contribution is -2.42. The second-order valence-electron chi connectivity index (χ2n) is 5.22. The number of hydrogen-bond donors (Lipinski definition) is 1. The maximum absolute atomic E-state index is 12.5. The van der Waals surface area contributed by atoms with E-state index in [1.165, 1.54) is 13.2 Å². The van der Waals surface area contributed by atoms with Crippen LogP contribution in [-0.4, -0.2) is 18.0 Å². The van der Waals surface area contributed by atoms with E-state index in [2.05, 4.69) is 0 Å². The highest BCUT2D eigenvalue weighted by molar-refractivity contribution is 5.93. The summed E-state index contributed by atoms with van der Waals surface area (Å²) in [6, 6.07) is 12.5. The van der Waals surface area contributed by atoms with E-state index in [1.54, 1.807) is 13.0 Å². The molecule has 108 valence electrons. The predicted octanol–water partition coefficient (Wildman–Crippen LogP) is 2.82. The summed E-state index contributed by atoms with van der Waals surface area (Å²) in [4.78, 5) is 12.5. The average Bonchev–Trinajstić information content (AvgIpc) is 2.50. The summed E-state index contributed by atoms with van der Waals surface area (Å²) in [5.74, 6) is 0.920. The Kier molecular flexibility index (Phi) is 3.09. The minimum atomic E-state index is -1.05. The van der Waals surface area contributed by atoms with Gasteiger partial charge in [0.05, 0.1) is 7.11 Å². The molecule has 1 heterocycles. The van der Waals surface area contributed by atoms with Crippen molar-refractivity contribution in [2.75, 3.05) is 7.11 Å². The van der Waals surface area contributed by atoms with E-state index in [4.69, 9.17) is 9.47 Å². The second-order valence-corrected chi connectivity index (χ2v) is 5.22. The Bertz CT molecular complexity index is 693. The maximum atomic E-state index is 12.5. The molecule has 0 amide bonds. The van der Waals surface area contributed by atoms with Gasteiger partial charge in [0.2, 0.25) is 0 Å². The molecule has 0 aromatic heterocycles. The molecule has 4 heteroatoms. The van der Waals surface area contributed by atoms with Gasteiger partial charge in [0.25, 0.3) is 0 Å². The number of fused-ring (bicyclic) bond motifs is 1. The Hall–Kier alpha value is -2.49. The van der Waals surface area contributed by atoms with E-state index in [1.807, 2.05) is 30.3 Å². The number of benzene rings is 2. The van der Waals surface area contributed by atoms with Crippen LogP contribution in [0.4, 0.5) is 0 Å². The Morgan fingerprint density at radius 3 is 2.62 bits per heavy atom. The summed E-state index contributed by atoms with van der Waals surface area (Å²) < 4.78 is 11.1. The molecule has 3 rings (SSSR count). The van der Waals surface area contributed by atoms with Crippen LogP contribution < -0.4 is 9.47 Å². The first-order valence-corrected chi connectivity index (χ1v) is 6.72. The first kappa shape index (κ1) is 13.5. The lowest BCUT2D eigenvalue weighted by atomic mass is 9.85. The Morgan fingerprint density at radius 1 is 1.24 bits per heavy atom. The number of phenolic OH excluding ortho intramolecular Hbond substituents is 1. The average molecular weight is 284 g/mol. The number of Topliss-reactive ketones (excluding diaryl/α,β-unsaturated/α-hetero) is 1. The molecule has 2 aromatic carbocycles. The van der Waals surface area contributed by atoms with Crippen LogP contribution >= 0.6 is 0 Å². The van der Waals surface area contributed by atoms with Crippen LogP contribution in [0.2, 0.25) is 0 Å². The van der Waals surface area contributed by atoms with Crippen molar-refractivity contribution in [3.63, 3.8) is 0 Å². The Labute approximate surface area is 122 Å². The van der Waals surface area contributed by atoms with Crippen LogP contribution in [-0.2, 0) is 16.8 Å². The van der Waals surface area contributed by atoms with Gasteiger partial charge in [-0.05, 0) is 6.92 Å². The molecule has 0 radical (unpaired) electrons. The van der Waals surface area contributed by atoms with Gasteiger partial charge in [-0.1, -0.05) is 30.3 Å². The lowest BCUT2D eigenvalue weighted by Gasteiger charge is -2.35. The lowest BCUT2D eigenvalue weighted by molar-refractivity contribution is -0.135. The van der Waals surface area contributed by atoms with Crippen molar-refractivity contribution in [2.45, 2.75) is 18.9 Å². The number of rotatable bonds is 2. The summed E-state index contributed by atoms with van der Waals surface area (Å²) in [7, 11) is 1.52. The molecule has 0 spiro atoms. The number of methoxy groups -OCH3 is 1. The molecule has 1 aliphatic rings. The molecule has 21 heavy (non-hydrogen) atoms. The zero-order chi connectivity index (χ0) is 15.0. The second kappa shape index (κ2) is 4.81. The smallest absolute Gasteiger partial charge is 0.189 e. The topological polar surface area (TPSA) is 55.8 Å². The van der Waals surface area contributed by atoms with Crippen LogP contribution in [0.25, 0.3) is 0 Å². The highest BCUT2D eigenvalue weighted by atomic mass is 16.5. The minimum absolute atomic E-state index is 0.0211. The number of ether oxygens (including phenoxy) is 2. The highest BCUT2D eigenvalue weighted by Crippen LogP contribution is 2.42. The van der Waals surface area contributed by atoms with Gasteiger partial charge in [-0.15, -0.1) is 0 Å². The first-order chi connectivity index (χ1) is 10.0. The van der Waals surface area contributed by atoms with Crippen LogP contribution in [0.3, 0.4) is 0 Å². The van der Waals surface area contributed by atoms with Crippen molar-refractivity contribution in [3.05, 3.63) is 53.6 Å². The van der Waals surface area contributed by atoms with Gasteiger partial charge >= 0.3 is 0 Å². The molecular weight excluding hydrogens is 268 g/mol. The van der Waals surface area contributed by atoms with Crippen LogP contribution in [0, 0.1) is 0 Å². The highest BCUT2D eigenvalue weighted by Gasteiger charge is 2.42. The quantitative estimate of drug-likeness (QED) is 0.921. The molecule has 0 aliphatic carbocycles. The number of hydrogen-bond acceptors (Lipinski definition) is 4. The molecule has 0 fully saturated rings. The molecule has 1 unspecified atom stereocenters. The molecule has 0 saturated carbocycles. The SMILES string of the molecule is COc1cc(O)c2c(c1)OC(C)(c1ccccc1)C(=O)C2. The van der Waals surface area contributed by atoms with Gasteiger partial charge in [-0.25, -0.2) is 0 Å². The Morgan fingerprint density at radius 2 is 1.95 bits per heavy atom. The van der Waals surface area contributed by atoms with Crippen LogP contribution in [0.15, 0.2) is 42.5 Å². The van der Waals surface area contributed by atoms with Crippen molar-refractivity contribution < 1.29 is 19.4 Å².